The largest absolute Gasteiger partial charge is 0.468 e. The first-order valence-corrected chi connectivity index (χ1v) is 5.11. The van der Waals surface area contributed by atoms with Gasteiger partial charge in [0.2, 0.25) is 11.9 Å². The first kappa shape index (κ1) is 12.6. The number of nitrogens with one attached hydrogen (secondary N) is 2. The Hall–Kier alpha value is -2.82. The molecule has 0 bridgehead atoms. The maximum Gasteiger partial charge on any atom is 0.325 e. The van der Waals surface area contributed by atoms with E-state index in [-0.39, 0.29) is 24.4 Å². The Bertz CT molecular complexity index is 555. The fourth-order valence-corrected chi connectivity index (χ4v) is 1.15. The molecule has 0 saturated heterocycles. The van der Waals surface area contributed by atoms with Crippen molar-refractivity contribution in [2.24, 2.45) is 5.84 Å². The van der Waals surface area contributed by atoms with Crippen LogP contribution in [0.15, 0.2) is 12.7 Å². The molecular formula is C8H11N9O2. The smallest absolute Gasteiger partial charge is 0.325 e. The number of rotatable bonds is 5. The summed E-state index contributed by atoms with van der Waals surface area (Å²) in [6, 6.07) is 0. The van der Waals surface area contributed by atoms with E-state index < -0.39 is 5.97 Å². The summed E-state index contributed by atoms with van der Waals surface area (Å²) in [5.41, 5.74) is 2.29. The van der Waals surface area contributed by atoms with Crippen LogP contribution in [-0.2, 0) is 9.53 Å². The lowest BCUT2D eigenvalue weighted by Crippen LogP contribution is -2.19. The van der Waals surface area contributed by atoms with Gasteiger partial charge < -0.3 is 10.1 Å². The first-order valence-electron chi connectivity index (χ1n) is 5.11. The van der Waals surface area contributed by atoms with Crippen LogP contribution in [0.1, 0.15) is 0 Å². The van der Waals surface area contributed by atoms with Crippen molar-refractivity contribution in [1.82, 2.24) is 29.7 Å². The summed E-state index contributed by atoms with van der Waals surface area (Å²) >= 11 is 0. The molecule has 0 unspecified atom stereocenters. The van der Waals surface area contributed by atoms with Crippen LogP contribution >= 0.6 is 0 Å². The van der Waals surface area contributed by atoms with Gasteiger partial charge in [-0.3, -0.25) is 10.2 Å². The van der Waals surface area contributed by atoms with Gasteiger partial charge in [0, 0.05) is 0 Å². The molecule has 0 aromatic carbocycles. The average Bonchev–Trinajstić information content (AvgIpc) is 2.98. The van der Waals surface area contributed by atoms with E-state index in [0.29, 0.717) is 0 Å². The number of hydrogen-bond acceptors (Lipinski definition) is 10. The van der Waals surface area contributed by atoms with E-state index in [2.05, 4.69) is 40.5 Å². The van der Waals surface area contributed by atoms with Gasteiger partial charge >= 0.3 is 5.97 Å². The van der Waals surface area contributed by atoms with Crippen LogP contribution in [-0.4, -0.2) is 49.3 Å². The van der Waals surface area contributed by atoms with E-state index in [0.717, 1.165) is 0 Å². The third-order valence-electron chi connectivity index (χ3n) is 1.99. The molecule has 19 heavy (non-hydrogen) atoms. The number of ether oxygens (including phenoxy) is 1. The van der Waals surface area contributed by atoms with Crippen molar-refractivity contribution in [3.05, 3.63) is 12.7 Å². The van der Waals surface area contributed by atoms with E-state index in [4.69, 9.17) is 5.84 Å². The van der Waals surface area contributed by atoms with Gasteiger partial charge in [-0.05, 0) is 0 Å². The molecule has 0 atom stereocenters. The van der Waals surface area contributed by atoms with Gasteiger partial charge in [-0.1, -0.05) is 0 Å². The van der Waals surface area contributed by atoms with Crippen molar-refractivity contribution in [1.29, 1.82) is 0 Å². The lowest BCUT2D eigenvalue weighted by molar-refractivity contribution is -0.138. The third kappa shape index (κ3) is 3.10. The molecule has 0 spiro atoms. The van der Waals surface area contributed by atoms with Crippen molar-refractivity contribution in [3.63, 3.8) is 0 Å². The summed E-state index contributed by atoms with van der Waals surface area (Å²) in [6.45, 7) is -0.0820. The molecule has 11 nitrogen and oxygen atoms in total. The number of nitrogen functional groups attached to an aromatic ring is 1. The van der Waals surface area contributed by atoms with Crippen molar-refractivity contribution in [3.8, 4) is 5.95 Å². The molecule has 11 heteroatoms. The second-order valence-corrected chi connectivity index (χ2v) is 3.20. The van der Waals surface area contributed by atoms with E-state index in [1.165, 1.54) is 24.4 Å². The highest BCUT2D eigenvalue weighted by Gasteiger charge is 2.09. The van der Waals surface area contributed by atoms with E-state index >= 15 is 0 Å². The van der Waals surface area contributed by atoms with Gasteiger partial charge in [-0.25, -0.2) is 10.8 Å². The molecule has 0 saturated carbocycles. The van der Waals surface area contributed by atoms with Crippen LogP contribution in [0.3, 0.4) is 0 Å². The Labute approximate surface area is 107 Å². The minimum atomic E-state index is -0.454. The Balaban J connectivity index is 2.23. The highest BCUT2D eigenvalue weighted by Crippen LogP contribution is 2.06. The second kappa shape index (κ2) is 5.68. The molecule has 4 N–H and O–H groups in total. The molecule has 0 radical (unpaired) electrons. The number of hydrogen-bond donors (Lipinski definition) is 3. The molecule has 2 rings (SSSR count). The van der Waals surface area contributed by atoms with Crippen molar-refractivity contribution in [2.45, 2.75) is 0 Å². The summed E-state index contributed by atoms with van der Waals surface area (Å²) in [6.07, 6.45) is 2.75. The van der Waals surface area contributed by atoms with Gasteiger partial charge in [0.1, 0.15) is 19.2 Å². The second-order valence-electron chi connectivity index (χ2n) is 3.20. The zero-order valence-electron chi connectivity index (χ0n) is 9.94. The number of hydrazine groups is 1. The van der Waals surface area contributed by atoms with Gasteiger partial charge in [-0.15, -0.1) is 0 Å². The number of carbonyl (C=O) groups is 1. The number of esters is 1. The number of anilines is 2. The van der Waals surface area contributed by atoms with Crippen molar-refractivity contribution < 1.29 is 9.53 Å². The van der Waals surface area contributed by atoms with Crippen LogP contribution in [0.25, 0.3) is 5.95 Å². The Morgan fingerprint density at radius 3 is 2.84 bits per heavy atom. The average molecular weight is 265 g/mol. The van der Waals surface area contributed by atoms with Gasteiger partial charge in [-0.2, -0.15) is 24.7 Å². The Kier molecular flexibility index (Phi) is 3.78. The molecule has 2 aromatic heterocycles. The molecular weight excluding hydrogens is 254 g/mol. The van der Waals surface area contributed by atoms with Crippen molar-refractivity contribution in [2.75, 3.05) is 24.4 Å². The Morgan fingerprint density at radius 1 is 1.42 bits per heavy atom. The lowest BCUT2D eigenvalue weighted by Gasteiger charge is -2.07. The van der Waals surface area contributed by atoms with E-state index in [1.807, 2.05) is 0 Å². The quantitative estimate of drug-likeness (QED) is 0.325. The predicted molar refractivity (Wildman–Crippen MR) is 63.1 cm³/mol. The summed E-state index contributed by atoms with van der Waals surface area (Å²) < 4.78 is 5.82. The fourth-order valence-electron chi connectivity index (χ4n) is 1.15. The maximum absolute atomic E-state index is 11.0. The molecule has 0 fully saturated rings. The summed E-state index contributed by atoms with van der Waals surface area (Å²) in [4.78, 5) is 26.8. The molecule has 0 amide bonds. The Morgan fingerprint density at radius 2 is 2.21 bits per heavy atom. The minimum absolute atomic E-state index is 0.0820. The third-order valence-corrected chi connectivity index (χ3v) is 1.99. The minimum Gasteiger partial charge on any atom is -0.468 e. The normalized spacial score (nSPS) is 10.0. The number of nitrogens with two attached hydrogens (primary N) is 1. The molecule has 0 aliphatic carbocycles. The van der Waals surface area contributed by atoms with E-state index in [1.54, 1.807) is 0 Å². The van der Waals surface area contributed by atoms with Crippen LogP contribution in [0.4, 0.5) is 11.9 Å². The summed E-state index contributed by atoms with van der Waals surface area (Å²) in [7, 11) is 1.28. The van der Waals surface area contributed by atoms with E-state index in [9.17, 15) is 4.79 Å². The maximum atomic E-state index is 11.0. The zero-order chi connectivity index (χ0) is 13.7. The monoisotopic (exact) mass is 265 g/mol. The van der Waals surface area contributed by atoms with Gasteiger partial charge in [0.15, 0.2) is 0 Å². The molecule has 100 valence electrons. The molecule has 2 aromatic rings. The van der Waals surface area contributed by atoms with Gasteiger partial charge in [0.05, 0.1) is 7.11 Å². The van der Waals surface area contributed by atoms with Crippen LogP contribution in [0.2, 0.25) is 0 Å². The zero-order valence-corrected chi connectivity index (χ0v) is 9.94. The summed E-state index contributed by atoms with van der Waals surface area (Å²) in [5, 5.41) is 6.56. The molecule has 0 aliphatic heterocycles. The number of aromatic nitrogens is 6. The highest BCUT2D eigenvalue weighted by atomic mass is 16.5. The number of methoxy groups -OCH3 is 1. The standard InChI is InChI=1S/C8H11N9O2/c1-19-5(18)2-11-6-13-7(16-9)15-8(14-6)17-4-10-3-12-17/h3-4H,2,9H2,1H3,(H2,11,13,14,15,16). The fraction of sp³-hybridized carbons (Fsp3) is 0.250. The molecule has 0 aliphatic rings. The topological polar surface area (TPSA) is 146 Å². The SMILES string of the molecule is COC(=O)CNc1nc(NN)nc(-n2cncn2)n1. The number of carbonyl (C=O) groups excluding carboxylic acids is 1. The van der Waals surface area contributed by atoms with Crippen LogP contribution in [0.5, 0.6) is 0 Å². The summed E-state index contributed by atoms with van der Waals surface area (Å²) in [5.74, 6) is 5.27. The van der Waals surface area contributed by atoms with Crippen molar-refractivity contribution >= 4 is 17.9 Å². The lowest BCUT2D eigenvalue weighted by atomic mass is 10.6. The first-order chi connectivity index (χ1) is 9.22. The predicted octanol–water partition coefficient (Wildman–Crippen LogP) is -1.68. The van der Waals surface area contributed by atoms with Gasteiger partial charge in [0.25, 0.3) is 5.95 Å². The number of nitrogens with zero attached hydrogens (tertiary/aromatic N) is 6. The van der Waals surface area contributed by atoms with Crippen LogP contribution < -0.4 is 16.6 Å². The highest BCUT2D eigenvalue weighted by molar-refractivity contribution is 5.74. The van der Waals surface area contributed by atoms with Crippen LogP contribution in [0, 0.1) is 0 Å². The molecule has 2 heterocycles.